The van der Waals surface area contributed by atoms with E-state index >= 15 is 0 Å². The van der Waals surface area contributed by atoms with Gasteiger partial charge >= 0.3 is 0 Å². The van der Waals surface area contributed by atoms with Crippen LogP contribution in [0.2, 0.25) is 0 Å². The average molecular weight is 364 g/mol. The van der Waals surface area contributed by atoms with Crippen molar-refractivity contribution in [3.05, 3.63) is 71.0 Å². The minimum absolute atomic E-state index is 0.316. The topological polar surface area (TPSA) is 61.5 Å². The van der Waals surface area contributed by atoms with Gasteiger partial charge in [-0.05, 0) is 35.9 Å². The average Bonchev–Trinajstić information content (AvgIpc) is 3.26. The van der Waals surface area contributed by atoms with E-state index in [1.54, 1.807) is 11.6 Å². The molecule has 0 unspecified atom stereocenters. The summed E-state index contributed by atoms with van der Waals surface area (Å²) in [6.45, 7) is 0.316. The van der Waals surface area contributed by atoms with E-state index < -0.39 is 0 Å². The second-order valence-electron chi connectivity index (χ2n) is 5.46. The van der Waals surface area contributed by atoms with Crippen molar-refractivity contribution < 1.29 is 9.47 Å². The van der Waals surface area contributed by atoms with Crippen molar-refractivity contribution in [3.8, 4) is 11.5 Å². The quantitative estimate of drug-likeness (QED) is 0.518. The smallest absolute Gasteiger partial charge is 0.235 e. The Morgan fingerprint density at radius 2 is 1.77 bits per heavy atom. The van der Waals surface area contributed by atoms with Gasteiger partial charge in [0.15, 0.2) is 5.82 Å². The van der Waals surface area contributed by atoms with E-state index in [4.69, 9.17) is 9.47 Å². The summed E-state index contributed by atoms with van der Waals surface area (Å²) >= 11 is 1.48. The van der Waals surface area contributed by atoms with Crippen molar-refractivity contribution in [3.63, 3.8) is 0 Å². The largest absolute Gasteiger partial charge is 0.497 e. The van der Waals surface area contributed by atoms with E-state index in [9.17, 15) is 0 Å². The van der Waals surface area contributed by atoms with E-state index in [0.29, 0.717) is 12.4 Å². The summed E-state index contributed by atoms with van der Waals surface area (Å²) in [5.74, 6) is 2.30. The van der Waals surface area contributed by atoms with Crippen molar-refractivity contribution in [1.29, 1.82) is 0 Å². The zero-order chi connectivity index (χ0) is 17.8. The van der Waals surface area contributed by atoms with Gasteiger partial charge in [-0.25, -0.2) is 0 Å². The third kappa shape index (κ3) is 3.57. The molecule has 0 bridgehead atoms. The third-order valence-electron chi connectivity index (χ3n) is 3.72. The second kappa shape index (κ2) is 7.37. The minimum atomic E-state index is 0.316. The van der Waals surface area contributed by atoms with Crippen LogP contribution < -0.4 is 9.47 Å². The number of rotatable bonds is 6. The molecule has 0 aliphatic heterocycles. The van der Waals surface area contributed by atoms with Crippen molar-refractivity contribution >= 4 is 28.4 Å². The second-order valence-corrected chi connectivity index (χ2v) is 6.45. The summed E-state index contributed by atoms with van der Waals surface area (Å²) < 4.78 is 12.6. The van der Waals surface area contributed by atoms with Crippen molar-refractivity contribution in [2.24, 2.45) is 0 Å². The summed E-state index contributed by atoms with van der Waals surface area (Å²) in [7, 11) is 1.66. The molecular weight excluding hydrogens is 348 g/mol. The SMILES string of the molecule is COc1ccc(C=Cc2nn3c(COc4ccccc4)nnc3s2)cc1. The summed E-state index contributed by atoms with van der Waals surface area (Å²) in [6, 6.07) is 17.5. The highest BCUT2D eigenvalue weighted by Gasteiger charge is 2.11. The maximum absolute atomic E-state index is 5.73. The number of hydrogen-bond donors (Lipinski definition) is 0. The lowest BCUT2D eigenvalue weighted by Gasteiger charge is -2.02. The standard InChI is InChI=1S/C19H16N4O2S/c1-24-15-10-7-14(8-11-15)9-12-18-22-23-17(20-21-19(23)26-18)13-25-16-5-3-2-4-6-16/h2-12H,13H2,1H3. The fraction of sp³-hybridized carbons (Fsp3) is 0.105. The molecule has 0 saturated heterocycles. The van der Waals surface area contributed by atoms with Crippen LogP contribution in [0.3, 0.4) is 0 Å². The highest BCUT2D eigenvalue weighted by molar-refractivity contribution is 7.17. The number of hydrogen-bond acceptors (Lipinski definition) is 6. The van der Waals surface area contributed by atoms with Crippen LogP contribution in [0.15, 0.2) is 54.6 Å². The number of nitrogens with zero attached hydrogens (tertiary/aromatic N) is 4. The molecule has 26 heavy (non-hydrogen) atoms. The van der Waals surface area contributed by atoms with Crippen LogP contribution in [0, 0.1) is 0 Å². The summed E-state index contributed by atoms with van der Waals surface area (Å²) in [4.78, 5) is 0.742. The van der Waals surface area contributed by atoms with Gasteiger partial charge in [-0.15, -0.1) is 10.2 Å². The van der Waals surface area contributed by atoms with Gasteiger partial charge in [0, 0.05) is 0 Å². The number of aromatic nitrogens is 4. The molecule has 2 aromatic heterocycles. The minimum Gasteiger partial charge on any atom is -0.497 e. The van der Waals surface area contributed by atoms with Gasteiger partial charge in [-0.3, -0.25) is 0 Å². The molecule has 0 aliphatic carbocycles. The lowest BCUT2D eigenvalue weighted by atomic mass is 10.2. The predicted molar refractivity (Wildman–Crippen MR) is 101 cm³/mol. The van der Waals surface area contributed by atoms with Gasteiger partial charge in [-0.2, -0.15) is 9.61 Å². The molecule has 0 radical (unpaired) electrons. The van der Waals surface area contributed by atoms with Crippen LogP contribution in [-0.2, 0) is 6.61 Å². The number of benzene rings is 2. The Labute approximate surface area is 154 Å². The first-order valence-electron chi connectivity index (χ1n) is 8.03. The van der Waals surface area contributed by atoms with Gasteiger partial charge in [-0.1, -0.05) is 47.7 Å². The van der Waals surface area contributed by atoms with Crippen LogP contribution in [0.25, 0.3) is 17.1 Å². The Hall–Kier alpha value is -3.19. The van der Waals surface area contributed by atoms with Crippen LogP contribution in [-0.4, -0.2) is 26.9 Å². The zero-order valence-electron chi connectivity index (χ0n) is 14.1. The van der Waals surface area contributed by atoms with E-state index in [1.165, 1.54) is 11.3 Å². The summed E-state index contributed by atoms with van der Waals surface area (Å²) in [6.07, 6.45) is 3.97. The first kappa shape index (κ1) is 16.3. The number of para-hydroxylation sites is 1. The molecule has 6 nitrogen and oxygen atoms in total. The fourth-order valence-corrected chi connectivity index (χ4v) is 3.14. The molecule has 0 amide bonds. The van der Waals surface area contributed by atoms with Crippen molar-refractivity contribution in [2.45, 2.75) is 6.61 Å². The molecule has 0 fully saturated rings. The third-order valence-corrected chi connectivity index (χ3v) is 4.58. The van der Waals surface area contributed by atoms with Crippen LogP contribution in [0.4, 0.5) is 0 Å². The molecule has 7 heteroatoms. The lowest BCUT2D eigenvalue weighted by Crippen LogP contribution is -2.02. The highest BCUT2D eigenvalue weighted by atomic mass is 32.1. The fourth-order valence-electron chi connectivity index (χ4n) is 2.38. The van der Waals surface area contributed by atoms with Crippen molar-refractivity contribution in [2.75, 3.05) is 7.11 Å². The Morgan fingerprint density at radius 1 is 0.962 bits per heavy atom. The predicted octanol–water partition coefficient (Wildman–Crippen LogP) is 3.94. The summed E-state index contributed by atoms with van der Waals surface area (Å²) in [5, 5.41) is 13.7. The molecule has 0 spiro atoms. The van der Waals surface area contributed by atoms with Gasteiger partial charge in [0.05, 0.1) is 7.11 Å². The van der Waals surface area contributed by atoms with Gasteiger partial charge in [0.1, 0.15) is 23.1 Å². The molecule has 130 valence electrons. The van der Waals surface area contributed by atoms with Crippen LogP contribution in [0.1, 0.15) is 16.4 Å². The molecule has 4 aromatic rings. The number of fused-ring (bicyclic) bond motifs is 1. The molecule has 2 heterocycles. The summed E-state index contributed by atoms with van der Waals surface area (Å²) in [5.41, 5.74) is 1.07. The Morgan fingerprint density at radius 3 is 2.54 bits per heavy atom. The highest BCUT2D eigenvalue weighted by Crippen LogP contribution is 2.19. The van der Waals surface area contributed by atoms with Gasteiger partial charge < -0.3 is 9.47 Å². The van der Waals surface area contributed by atoms with Gasteiger partial charge in [0.2, 0.25) is 4.96 Å². The molecule has 0 atom stereocenters. The first-order valence-corrected chi connectivity index (χ1v) is 8.84. The lowest BCUT2D eigenvalue weighted by molar-refractivity contribution is 0.292. The number of ether oxygens (including phenoxy) is 2. The monoisotopic (exact) mass is 364 g/mol. The Kier molecular flexibility index (Phi) is 4.61. The Bertz CT molecular complexity index is 1020. The zero-order valence-corrected chi connectivity index (χ0v) is 14.9. The molecular formula is C19H16N4O2S. The molecule has 0 aliphatic rings. The molecule has 0 saturated carbocycles. The number of methoxy groups -OCH3 is 1. The first-order chi connectivity index (χ1) is 12.8. The maximum Gasteiger partial charge on any atom is 0.235 e. The van der Waals surface area contributed by atoms with E-state index in [-0.39, 0.29) is 0 Å². The van der Waals surface area contributed by atoms with E-state index in [0.717, 1.165) is 27.0 Å². The normalized spacial score (nSPS) is 11.3. The molecule has 2 aromatic carbocycles. The molecule has 4 rings (SSSR count). The van der Waals surface area contributed by atoms with Crippen LogP contribution in [0.5, 0.6) is 11.5 Å². The van der Waals surface area contributed by atoms with Gasteiger partial charge in [0.25, 0.3) is 0 Å². The Balaban J connectivity index is 1.49. The van der Waals surface area contributed by atoms with E-state index in [1.807, 2.05) is 66.7 Å². The molecule has 0 N–H and O–H groups in total. The van der Waals surface area contributed by atoms with Crippen molar-refractivity contribution in [1.82, 2.24) is 19.8 Å². The maximum atomic E-state index is 5.73. The van der Waals surface area contributed by atoms with E-state index in [2.05, 4.69) is 15.3 Å². The van der Waals surface area contributed by atoms with Crippen LogP contribution >= 0.6 is 11.3 Å².